The molecule has 0 aromatic carbocycles. The predicted octanol–water partition coefficient (Wildman–Crippen LogP) is 3.54. The zero-order valence-electron chi connectivity index (χ0n) is 12.2. The van der Waals surface area contributed by atoms with Gasteiger partial charge in [-0.05, 0) is 50.6 Å². The second kappa shape index (κ2) is 7.49. The third kappa shape index (κ3) is 4.83. The monoisotopic (exact) mass is 262 g/mol. The number of nitrogens with zero attached hydrogens (tertiary/aromatic N) is 1. The van der Waals surface area contributed by atoms with Crippen molar-refractivity contribution in [2.24, 2.45) is 5.92 Å². The molecule has 0 unspecified atom stereocenters. The molecule has 1 aliphatic carbocycles. The normalized spacial score (nSPS) is 23.3. The Bertz CT molecular complexity index is 373. The number of ether oxygens (including phenoxy) is 1. The fraction of sp³-hybridized carbons (Fsp3) is 0.688. The van der Waals surface area contributed by atoms with Crippen molar-refractivity contribution in [3.8, 4) is 5.88 Å². The maximum atomic E-state index is 6.01. The largest absolute Gasteiger partial charge is 0.474 e. The maximum Gasteiger partial charge on any atom is 0.213 e. The smallest absolute Gasteiger partial charge is 0.213 e. The van der Waals surface area contributed by atoms with Crippen LogP contribution in [0, 0.1) is 5.92 Å². The molecule has 1 N–H and O–H groups in total. The number of nitrogens with one attached hydrogen (secondary N) is 1. The first-order chi connectivity index (χ1) is 9.28. The third-order valence-corrected chi connectivity index (χ3v) is 3.76. The van der Waals surface area contributed by atoms with Crippen molar-refractivity contribution in [1.29, 1.82) is 0 Å². The van der Waals surface area contributed by atoms with Crippen LogP contribution in [0.25, 0.3) is 0 Å². The molecule has 3 nitrogen and oxygen atoms in total. The Morgan fingerprint density at radius 2 is 2.05 bits per heavy atom. The highest BCUT2D eigenvalue weighted by molar-refractivity contribution is 5.16. The molecular weight excluding hydrogens is 236 g/mol. The molecule has 1 aliphatic rings. The third-order valence-electron chi connectivity index (χ3n) is 3.76. The highest BCUT2D eigenvalue weighted by Crippen LogP contribution is 2.26. The van der Waals surface area contributed by atoms with Gasteiger partial charge in [-0.3, -0.25) is 0 Å². The lowest BCUT2D eigenvalue weighted by Crippen LogP contribution is -2.23. The van der Waals surface area contributed by atoms with E-state index in [-0.39, 0.29) is 0 Å². The Hall–Kier alpha value is -1.09. The molecule has 0 aliphatic heterocycles. The van der Waals surface area contributed by atoms with Gasteiger partial charge in [-0.25, -0.2) is 4.98 Å². The molecule has 0 radical (unpaired) electrons. The predicted molar refractivity (Wildman–Crippen MR) is 78.3 cm³/mol. The van der Waals surface area contributed by atoms with Crippen LogP contribution in [-0.4, -0.2) is 17.6 Å². The van der Waals surface area contributed by atoms with Gasteiger partial charge in [0.15, 0.2) is 0 Å². The summed E-state index contributed by atoms with van der Waals surface area (Å²) in [5, 5.41) is 3.37. The van der Waals surface area contributed by atoms with Gasteiger partial charge in [0, 0.05) is 12.6 Å². The molecule has 0 amide bonds. The molecule has 1 aromatic rings. The number of rotatable bonds is 6. The first-order valence-electron chi connectivity index (χ1n) is 7.61. The summed E-state index contributed by atoms with van der Waals surface area (Å²) in [5.74, 6) is 1.65. The lowest BCUT2D eigenvalue weighted by molar-refractivity contribution is 0.130. The van der Waals surface area contributed by atoms with Crippen LogP contribution in [0.4, 0.5) is 0 Å². The topological polar surface area (TPSA) is 34.1 Å². The van der Waals surface area contributed by atoms with E-state index in [1.807, 2.05) is 12.1 Å². The summed E-state index contributed by atoms with van der Waals surface area (Å²) in [7, 11) is 0. The molecule has 0 saturated heterocycles. The Balaban J connectivity index is 1.84. The van der Waals surface area contributed by atoms with Gasteiger partial charge in [0.1, 0.15) is 6.10 Å². The van der Waals surface area contributed by atoms with Crippen LogP contribution in [0.5, 0.6) is 5.88 Å². The Morgan fingerprint density at radius 1 is 1.26 bits per heavy atom. The van der Waals surface area contributed by atoms with Gasteiger partial charge in [0.2, 0.25) is 5.88 Å². The standard InChI is InChI=1S/C16H26N2O/c1-3-11-17-12-14-5-4-6-16(18-14)19-15-9-7-13(2)8-10-15/h4-6,13,15,17H,3,7-12H2,1-2H3. The first-order valence-corrected chi connectivity index (χ1v) is 7.61. The number of hydrogen-bond donors (Lipinski definition) is 1. The average Bonchev–Trinajstić information content (AvgIpc) is 2.42. The van der Waals surface area contributed by atoms with Crippen molar-refractivity contribution in [2.45, 2.75) is 58.6 Å². The Kier molecular flexibility index (Phi) is 5.64. The second-order valence-electron chi connectivity index (χ2n) is 5.64. The first kappa shape index (κ1) is 14.3. The molecule has 0 spiro atoms. The fourth-order valence-electron chi connectivity index (χ4n) is 2.53. The summed E-state index contributed by atoms with van der Waals surface area (Å²) in [6.45, 7) is 6.36. The van der Waals surface area contributed by atoms with Crippen molar-refractivity contribution >= 4 is 0 Å². The molecule has 1 fully saturated rings. The minimum absolute atomic E-state index is 0.363. The number of hydrogen-bond acceptors (Lipinski definition) is 3. The summed E-state index contributed by atoms with van der Waals surface area (Å²) in [6.07, 6.45) is 6.41. The SMILES string of the molecule is CCCNCc1cccc(OC2CCC(C)CC2)n1. The summed E-state index contributed by atoms with van der Waals surface area (Å²) in [5.41, 5.74) is 1.06. The molecule has 3 heteroatoms. The van der Waals surface area contributed by atoms with E-state index in [1.165, 1.54) is 25.7 Å². The van der Waals surface area contributed by atoms with E-state index in [0.717, 1.165) is 37.0 Å². The Labute approximate surface area is 116 Å². The van der Waals surface area contributed by atoms with E-state index in [4.69, 9.17) is 4.74 Å². The van der Waals surface area contributed by atoms with Gasteiger partial charge in [0.05, 0.1) is 5.69 Å². The van der Waals surface area contributed by atoms with Crippen molar-refractivity contribution in [3.63, 3.8) is 0 Å². The molecule has 2 rings (SSSR count). The lowest BCUT2D eigenvalue weighted by Gasteiger charge is -2.26. The van der Waals surface area contributed by atoms with Crippen molar-refractivity contribution in [1.82, 2.24) is 10.3 Å². The molecule has 106 valence electrons. The maximum absolute atomic E-state index is 6.01. The highest BCUT2D eigenvalue weighted by atomic mass is 16.5. The van der Waals surface area contributed by atoms with E-state index in [0.29, 0.717) is 6.10 Å². The van der Waals surface area contributed by atoms with Crippen LogP contribution in [-0.2, 0) is 6.54 Å². The minimum Gasteiger partial charge on any atom is -0.474 e. The van der Waals surface area contributed by atoms with Crippen molar-refractivity contribution in [3.05, 3.63) is 23.9 Å². The molecule has 1 heterocycles. The number of aromatic nitrogens is 1. The van der Waals surface area contributed by atoms with Crippen molar-refractivity contribution < 1.29 is 4.74 Å². The summed E-state index contributed by atoms with van der Waals surface area (Å²) in [6, 6.07) is 6.07. The van der Waals surface area contributed by atoms with E-state index in [2.05, 4.69) is 30.2 Å². The van der Waals surface area contributed by atoms with Crippen LogP contribution < -0.4 is 10.1 Å². The molecule has 0 atom stereocenters. The van der Waals surface area contributed by atoms with E-state index < -0.39 is 0 Å². The van der Waals surface area contributed by atoms with Gasteiger partial charge < -0.3 is 10.1 Å². The summed E-state index contributed by atoms with van der Waals surface area (Å²) < 4.78 is 6.01. The van der Waals surface area contributed by atoms with Crippen LogP contribution in [0.2, 0.25) is 0 Å². The minimum atomic E-state index is 0.363. The zero-order chi connectivity index (χ0) is 13.5. The van der Waals surface area contributed by atoms with Gasteiger partial charge in [-0.2, -0.15) is 0 Å². The van der Waals surface area contributed by atoms with Crippen LogP contribution in [0.3, 0.4) is 0 Å². The molecular formula is C16H26N2O. The van der Waals surface area contributed by atoms with Gasteiger partial charge in [0.25, 0.3) is 0 Å². The molecule has 19 heavy (non-hydrogen) atoms. The van der Waals surface area contributed by atoms with Crippen LogP contribution >= 0.6 is 0 Å². The van der Waals surface area contributed by atoms with Crippen LogP contribution in [0.1, 0.15) is 51.6 Å². The van der Waals surface area contributed by atoms with Gasteiger partial charge in [-0.1, -0.05) is 19.9 Å². The van der Waals surface area contributed by atoms with E-state index >= 15 is 0 Å². The molecule has 1 aromatic heterocycles. The Morgan fingerprint density at radius 3 is 2.79 bits per heavy atom. The highest BCUT2D eigenvalue weighted by Gasteiger charge is 2.19. The van der Waals surface area contributed by atoms with Gasteiger partial charge in [-0.15, -0.1) is 0 Å². The van der Waals surface area contributed by atoms with Crippen molar-refractivity contribution in [2.75, 3.05) is 6.54 Å². The van der Waals surface area contributed by atoms with E-state index in [9.17, 15) is 0 Å². The molecule has 0 bridgehead atoms. The zero-order valence-corrected chi connectivity index (χ0v) is 12.2. The van der Waals surface area contributed by atoms with E-state index in [1.54, 1.807) is 0 Å². The summed E-state index contributed by atoms with van der Waals surface area (Å²) in [4.78, 5) is 4.57. The fourth-order valence-corrected chi connectivity index (χ4v) is 2.53. The second-order valence-corrected chi connectivity index (χ2v) is 5.64. The molecule has 1 saturated carbocycles. The lowest BCUT2D eigenvalue weighted by atomic mass is 9.89. The quantitative estimate of drug-likeness (QED) is 0.796. The van der Waals surface area contributed by atoms with Gasteiger partial charge >= 0.3 is 0 Å². The number of pyridine rings is 1. The summed E-state index contributed by atoms with van der Waals surface area (Å²) >= 11 is 0. The average molecular weight is 262 g/mol. The van der Waals surface area contributed by atoms with Crippen LogP contribution in [0.15, 0.2) is 18.2 Å².